The van der Waals surface area contributed by atoms with Crippen LogP contribution >= 0.6 is 0 Å². The van der Waals surface area contributed by atoms with Crippen molar-refractivity contribution in [1.29, 1.82) is 0 Å². The van der Waals surface area contributed by atoms with E-state index in [0.29, 0.717) is 11.9 Å². The predicted octanol–water partition coefficient (Wildman–Crippen LogP) is 1.42. The highest BCUT2D eigenvalue weighted by atomic mass is 19.1. The number of ether oxygens (including phenoxy) is 1. The molecule has 0 saturated heterocycles. The molecule has 1 aliphatic rings. The minimum atomic E-state index is -1.31. The van der Waals surface area contributed by atoms with Gasteiger partial charge in [0, 0.05) is 6.07 Å². The summed E-state index contributed by atoms with van der Waals surface area (Å²) in [5.74, 6) is -1.35. The summed E-state index contributed by atoms with van der Waals surface area (Å²) in [5, 5.41) is 20.0. The van der Waals surface area contributed by atoms with E-state index in [9.17, 15) is 9.18 Å². The maximum atomic E-state index is 13.5. The molecule has 1 aromatic heterocycles. The first-order valence-electron chi connectivity index (χ1n) is 6.07. The SMILES string of the molecule is O=C(O)c1ccc(OCc2nnnn2C2CC2)cc1F. The van der Waals surface area contributed by atoms with E-state index in [0.717, 1.165) is 25.0 Å². The van der Waals surface area contributed by atoms with Crippen molar-refractivity contribution >= 4 is 5.97 Å². The molecule has 1 N–H and O–H groups in total. The number of aromatic nitrogens is 4. The average Bonchev–Trinajstić information content (AvgIpc) is 3.15. The summed E-state index contributed by atoms with van der Waals surface area (Å²) < 4.78 is 20.6. The fourth-order valence-corrected chi connectivity index (χ4v) is 1.82. The zero-order valence-corrected chi connectivity index (χ0v) is 10.4. The number of nitrogens with zero attached hydrogens (tertiary/aromatic N) is 4. The molecule has 1 fully saturated rings. The molecule has 0 amide bonds. The van der Waals surface area contributed by atoms with E-state index in [-0.39, 0.29) is 17.9 Å². The lowest BCUT2D eigenvalue weighted by atomic mass is 10.2. The number of aromatic carboxylic acids is 1. The van der Waals surface area contributed by atoms with Gasteiger partial charge in [-0.1, -0.05) is 0 Å². The second-order valence-corrected chi connectivity index (χ2v) is 4.51. The van der Waals surface area contributed by atoms with Gasteiger partial charge in [-0.15, -0.1) is 5.10 Å². The van der Waals surface area contributed by atoms with Crippen LogP contribution in [-0.4, -0.2) is 31.3 Å². The number of carbonyl (C=O) groups is 1. The van der Waals surface area contributed by atoms with Crippen molar-refractivity contribution in [3.05, 3.63) is 35.4 Å². The zero-order valence-electron chi connectivity index (χ0n) is 10.4. The molecule has 8 heteroatoms. The minimum Gasteiger partial charge on any atom is -0.485 e. The van der Waals surface area contributed by atoms with Crippen LogP contribution in [0.4, 0.5) is 4.39 Å². The fraction of sp³-hybridized carbons (Fsp3) is 0.333. The summed E-state index contributed by atoms with van der Waals surface area (Å²) in [6.45, 7) is 0.107. The number of rotatable bonds is 5. The summed E-state index contributed by atoms with van der Waals surface area (Å²) in [6.07, 6.45) is 2.08. The first-order chi connectivity index (χ1) is 9.65. The standard InChI is InChI=1S/C12H11FN4O3/c13-10-5-8(3-4-9(10)12(18)19)20-6-11-14-15-16-17(11)7-1-2-7/h3-5,7H,1-2,6H2,(H,18,19). The Morgan fingerprint density at radius 2 is 2.30 bits per heavy atom. The van der Waals surface area contributed by atoms with Crippen molar-refractivity contribution in [2.24, 2.45) is 0 Å². The van der Waals surface area contributed by atoms with Gasteiger partial charge in [0.1, 0.15) is 18.2 Å². The van der Waals surface area contributed by atoms with E-state index >= 15 is 0 Å². The van der Waals surface area contributed by atoms with Crippen molar-refractivity contribution in [1.82, 2.24) is 20.2 Å². The lowest BCUT2D eigenvalue weighted by molar-refractivity contribution is 0.0692. The normalized spacial score (nSPS) is 14.2. The third-order valence-electron chi connectivity index (χ3n) is 2.99. The Balaban J connectivity index is 1.70. The van der Waals surface area contributed by atoms with E-state index in [1.165, 1.54) is 6.07 Å². The topological polar surface area (TPSA) is 90.1 Å². The molecule has 0 unspecified atom stereocenters. The molecular formula is C12H11FN4O3. The third kappa shape index (κ3) is 2.44. The van der Waals surface area contributed by atoms with Crippen LogP contribution in [0.5, 0.6) is 5.75 Å². The number of carboxylic acid groups (broad SMARTS) is 1. The number of hydrogen-bond acceptors (Lipinski definition) is 5. The summed E-state index contributed by atoms with van der Waals surface area (Å²) in [7, 11) is 0. The van der Waals surface area contributed by atoms with Gasteiger partial charge in [-0.25, -0.2) is 13.9 Å². The predicted molar refractivity (Wildman–Crippen MR) is 63.8 cm³/mol. The summed E-state index contributed by atoms with van der Waals surface area (Å²) in [4.78, 5) is 10.7. The molecular weight excluding hydrogens is 267 g/mol. The maximum absolute atomic E-state index is 13.5. The Bertz CT molecular complexity index is 654. The molecule has 0 spiro atoms. The van der Waals surface area contributed by atoms with Gasteiger partial charge in [-0.2, -0.15) is 0 Å². The summed E-state index contributed by atoms with van der Waals surface area (Å²) >= 11 is 0. The van der Waals surface area contributed by atoms with Crippen molar-refractivity contribution < 1.29 is 19.0 Å². The lowest BCUT2D eigenvalue weighted by Gasteiger charge is -2.07. The molecule has 0 radical (unpaired) electrons. The largest absolute Gasteiger partial charge is 0.485 e. The number of carboxylic acids is 1. The van der Waals surface area contributed by atoms with Gasteiger partial charge in [0.25, 0.3) is 0 Å². The number of hydrogen-bond donors (Lipinski definition) is 1. The molecule has 3 rings (SSSR count). The molecule has 104 valence electrons. The van der Waals surface area contributed by atoms with Crippen molar-refractivity contribution in [3.63, 3.8) is 0 Å². The van der Waals surface area contributed by atoms with Gasteiger partial charge in [-0.05, 0) is 35.4 Å². The van der Waals surface area contributed by atoms with E-state index in [2.05, 4.69) is 15.5 Å². The van der Waals surface area contributed by atoms with Gasteiger partial charge in [0.05, 0.1) is 11.6 Å². The minimum absolute atomic E-state index is 0.107. The first kappa shape index (κ1) is 12.5. The van der Waals surface area contributed by atoms with Crippen LogP contribution in [0.2, 0.25) is 0 Å². The van der Waals surface area contributed by atoms with Crippen molar-refractivity contribution in [2.45, 2.75) is 25.5 Å². The van der Waals surface area contributed by atoms with Crippen molar-refractivity contribution in [3.8, 4) is 5.75 Å². The molecule has 0 bridgehead atoms. The van der Waals surface area contributed by atoms with Crippen molar-refractivity contribution in [2.75, 3.05) is 0 Å². The van der Waals surface area contributed by atoms with Gasteiger partial charge in [-0.3, -0.25) is 0 Å². The highest BCUT2D eigenvalue weighted by Gasteiger charge is 2.27. The smallest absolute Gasteiger partial charge is 0.338 e. The second-order valence-electron chi connectivity index (χ2n) is 4.51. The molecule has 1 aromatic carbocycles. The molecule has 7 nitrogen and oxygen atoms in total. The molecule has 2 aromatic rings. The van der Waals surface area contributed by atoms with Crippen LogP contribution in [0.1, 0.15) is 35.1 Å². The number of benzene rings is 1. The Hall–Kier alpha value is -2.51. The highest BCUT2D eigenvalue weighted by molar-refractivity contribution is 5.88. The molecule has 0 atom stereocenters. The fourth-order valence-electron chi connectivity index (χ4n) is 1.82. The van der Waals surface area contributed by atoms with Crippen LogP contribution in [0.25, 0.3) is 0 Å². The molecule has 1 heterocycles. The molecule has 20 heavy (non-hydrogen) atoms. The zero-order chi connectivity index (χ0) is 14.1. The van der Waals surface area contributed by atoms with Crippen LogP contribution < -0.4 is 4.74 Å². The van der Waals surface area contributed by atoms with Gasteiger partial charge in [0.15, 0.2) is 5.82 Å². The Morgan fingerprint density at radius 1 is 1.50 bits per heavy atom. The molecule has 1 aliphatic carbocycles. The lowest BCUT2D eigenvalue weighted by Crippen LogP contribution is -2.07. The first-order valence-corrected chi connectivity index (χ1v) is 6.07. The average molecular weight is 278 g/mol. The number of tetrazole rings is 1. The van der Waals surface area contributed by atoms with Crippen LogP contribution in [0.15, 0.2) is 18.2 Å². The maximum Gasteiger partial charge on any atom is 0.338 e. The van der Waals surface area contributed by atoms with Crippen LogP contribution in [0.3, 0.4) is 0 Å². The van der Waals surface area contributed by atoms with Gasteiger partial charge >= 0.3 is 5.97 Å². The van der Waals surface area contributed by atoms with E-state index in [4.69, 9.17) is 9.84 Å². The van der Waals surface area contributed by atoms with Gasteiger partial charge < -0.3 is 9.84 Å². The third-order valence-corrected chi connectivity index (χ3v) is 2.99. The van der Waals surface area contributed by atoms with E-state index < -0.39 is 11.8 Å². The summed E-state index contributed by atoms with van der Waals surface area (Å²) in [5.41, 5.74) is -0.389. The molecule has 0 aliphatic heterocycles. The van der Waals surface area contributed by atoms with Crippen LogP contribution in [0, 0.1) is 5.82 Å². The Morgan fingerprint density at radius 3 is 2.95 bits per heavy atom. The van der Waals surface area contributed by atoms with Gasteiger partial charge in [0.2, 0.25) is 0 Å². The Kier molecular flexibility index (Phi) is 3.05. The van der Waals surface area contributed by atoms with E-state index in [1.54, 1.807) is 4.68 Å². The molecule has 1 saturated carbocycles. The highest BCUT2D eigenvalue weighted by Crippen LogP contribution is 2.34. The Labute approximate surface area is 113 Å². The van der Waals surface area contributed by atoms with Crippen LogP contribution in [-0.2, 0) is 6.61 Å². The monoisotopic (exact) mass is 278 g/mol. The summed E-state index contributed by atoms with van der Waals surface area (Å²) in [6, 6.07) is 3.93. The second kappa shape index (κ2) is 4.87. The quantitative estimate of drug-likeness (QED) is 0.889. The number of halogens is 1. The van der Waals surface area contributed by atoms with E-state index in [1.807, 2.05) is 0 Å².